The van der Waals surface area contributed by atoms with E-state index in [1.54, 1.807) is 0 Å². The summed E-state index contributed by atoms with van der Waals surface area (Å²) in [6.45, 7) is 8.45. The average Bonchev–Trinajstić information content (AvgIpc) is 2.27. The molecule has 2 rings (SSSR count). The van der Waals surface area contributed by atoms with Crippen LogP contribution in [0.4, 0.5) is 11.4 Å². The van der Waals surface area contributed by atoms with Gasteiger partial charge in [0.2, 0.25) is 0 Å². The first-order chi connectivity index (χ1) is 8.88. The summed E-state index contributed by atoms with van der Waals surface area (Å²) < 4.78 is 0. The fourth-order valence-electron chi connectivity index (χ4n) is 2.32. The molecule has 0 bridgehead atoms. The normalized spacial score (nSPS) is 11.4. The van der Waals surface area contributed by atoms with Gasteiger partial charge in [-0.2, -0.15) is 12.6 Å². The lowest BCUT2D eigenvalue weighted by molar-refractivity contribution is 0.728. The number of rotatable bonds is 3. The Morgan fingerprint density at radius 1 is 0.842 bits per heavy atom. The SMILES string of the molecule is Cc1cccc(N(c2cccc(C)c2)C(C)(C)S)c1. The molecular weight excluding hydrogens is 250 g/mol. The standard InChI is InChI=1S/C17H21NS/c1-13-7-5-9-15(11-13)18(17(3,4)19)16-10-6-8-14(2)12-16/h5-12,19H,1-4H3. The minimum absolute atomic E-state index is 0.262. The molecule has 0 amide bonds. The number of benzene rings is 2. The number of thiol groups is 1. The maximum atomic E-state index is 4.77. The Hall–Kier alpha value is -1.41. The van der Waals surface area contributed by atoms with Gasteiger partial charge >= 0.3 is 0 Å². The van der Waals surface area contributed by atoms with Crippen LogP contribution in [0.3, 0.4) is 0 Å². The van der Waals surface area contributed by atoms with Gasteiger partial charge in [-0.1, -0.05) is 24.3 Å². The van der Waals surface area contributed by atoms with Gasteiger partial charge in [0, 0.05) is 11.4 Å². The van der Waals surface area contributed by atoms with Crippen LogP contribution in [0, 0.1) is 13.8 Å². The van der Waals surface area contributed by atoms with E-state index in [2.05, 4.69) is 81.1 Å². The first-order valence-electron chi connectivity index (χ1n) is 6.54. The molecule has 0 atom stereocenters. The molecule has 0 aliphatic heterocycles. The minimum atomic E-state index is -0.262. The molecule has 2 heteroatoms. The lowest BCUT2D eigenvalue weighted by Gasteiger charge is -2.37. The van der Waals surface area contributed by atoms with Crippen LogP contribution in [0.1, 0.15) is 25.0 Å². The van der Waals surface area contributed by atoms with Crippen molar-refractivity contribution in [3.8, 4) is 0 Å². The molecule has 0 aromatic heterocycles. The van der Waals surface area contributed by atoms with E-state index in [0.29, 0.717) is 0 Å². The lowest BCUT2D eigenvalue weighted by Crippen LogP contribution is -2.35. The molecule has 0 N–H and O–H groups in total. The summed E-state index contributed by atoms with van der Waals surface area (Å²) in [5.41, 5.74) is 4.86. The molecule has 0 aliphatic rings. The first-order valence-corrected chi connectivity index (χ1v) is 6.98. The Morgan fingerprint density at radius 3 is 1.58 bits per heavy atom. The third-order valence-corrected chi connectivity index (χ3v) is 3.27. The molecule has 2 aromatic rings. The Morgan fingerprint density at radius 2 is 1.26 bits per heavy atom. The highest BCUT2D eigenvalue weighted by atomic mass is 32.1. The lowest BCUT2D eigenvalue weighted by atomic mass is 10.1. The van der Waals surface area contributed by atoms with Crippen molar-refractivity contribution in [2.24, 2.45) is 0 Å². The molecule has 0 saturated carbocycles. The molecular formula is C17H21NS. The van der Waals surface area contributed by atoms with Crippen molar-refractivity contribution in [2.45, 2.75) is 32.6 Å². The summed E-state index contributed by atoms with van der Waals surface area (Å²) in [7, 11) is 0. The summed E-state index contributed by atoms with van der Waals surface area (Å²) in [5, 5.41) is 0. The number of hydrogen-bond acceptors (Lipinski definition) is 2. The highest BCUT2D eigenvalue weighted by Gasteiger charge is 2.24. The van der Waals surface area contributed by atoms with Crippen LogP contribution in [-0.2, 0) is 0 Å². The Kier molecular flexibility index (Phi) is 3.91. The molecule has 0 radical (unpaired) electrons. The van der Waals surface area contributed by atoms with E-state index in [9.17, 15) is 0 Å². The van der Waals surface area contributed by atoms with Crippen LogP contribution in [0.2, 0.25) is 0 Å². The Labute approximate surface area is 121 Å². The number of hydrogen-bond donors (Lipinski definition) is 1. The minimum Gasteiger partial charge on any atom is -0.327 e. The molecule has 1 nitrogen and oxygen atoms in total. The van der Waals surface area contributed by atoms with Crippen LogP contribution in [0.15, 0.2) is 48.5 Å². The van der Waals surface area contributed by atoms with Crippen LogP contribution < -0.4 is 4.90 Å². The molecule has 0 spiro atoms. The number of nitrogens with zero attached hydrogens (tertiary/aromatic N) is 1. The second-order valence-electron chi connectivity index (χ2n) is 5.51. The molecule has 0 saturated heterocycles. The second kappa shape index (κ2) is 5.30. The van der Waals surface area contributed by atoms with Crippen molar-refractivity contribution in [1.82, 2.24) is 0 Å². The fraction of sp³-hybridized carbons (Fsp3) is 0.294. The van der Waals surface area contributed by atoms with E-state index in [0.717, 1.165) is 0 Å². The van der Waals surface area contributed by atoms with Crippen molar-refractivity contribution in [3.63, 3.8) is 0 Å². The first kappa shape index (κ1) is 14.0. The predicted molar refractivity (Wildman–Crippen MR) is 87.6 cm³/mol. The third-order valence-electron chi connectivity index (χ3n) is 3.07. The Bertz CT molecular complexity index is 524. The molecule has 100 valence electrons. The largest absolute Gasteiger partial charge is 0.327 e. The van der Waals surface area contributed by atoms with Gasteiger partial charge in [-0.25, -0.2) is 0 Å². The highest BCUT2D eigenvalue weighted by molar-refractivity contribution is 7.81. The number of anilines is 2. The van der Waals surface area contributed by atoms with E-state index in [-0.39, 0.29) is 4.87 Å². The molecule has 19 heavy (non-hydrogen) atoms. The van der Waals surface area contributed by atoms with Crippen molar-refractivity contribution in [2.75, 3.05) is 4.90 Å². The van der Waals surface area contributed by atoms with Crippen LogP contribution >= 0.6 is 12.6 Å². The molecule has 0 unspecified atom stereocenters. The average molecular weight is 271 g/mol. The van der Waals surface area contributed by atoms with Crippen LogP contribution in [-0.4, -0.2) is 4.87 Å². The monoisotopic (exact) mass is 271 g/mol. The van der Waals surface area contributed by atoms with Gasteiger partial charge in [0.15, 0.2) is 0 Å². The van der Waals surface area contributed by atoms with E-state index >= 15 is 0 Å². The van der Waals surface area contributed by atoms with Crippen molar-refractivity contribution in [1.29, 1.82) is 0 Å². The second-order valence-corrected chi connectivity index (χ2v) is 6.60. The molecule has 0 fully saturated rings. The van der Waals surface area contributed by atoms with Gasteiger partial charge in [0.1, 0.15) is 0 Å². The zero-order valence-electron chi connectivity index (χ0n) is 12.0. The van der Waals surface area contributed by atoms with Crippen molar-refractivity contribution in [3.05, 3.63) is 59.7 Å². The van der Waals surface area contributed by atoms with Gasteiger partial charge in [0.05, 0.1) is 4.87 Å². The van der Waals surface area contributed by atoms with E-state index < -0.39 is 0 Å². The Balaban J connectivity index is 2.54. The van der Waals surface area contributed by atoms with Crippen molar-refractivity contribution >= 4 is 24.0 Å². The molecule has 2 aromatic carbocycles. The predicted octanol–water partition coefficient (Wildman–Crippen LogP) is 5.11. The van der Waals surface area contributed by atoms with Gasteiger partial charge in [-0.3, -0.25) is 0 Å². The van der Waals surface area contributed by atoms with Crippen molar-refractivity contribution < 1.29 is 0 Å². The van der Waals surface area contributed by atoms with E-state index in [4.69, 9.17) is 12.6 Å². The molecule has 0 heterocycles. The summed E-state index contributed by atoms with van der Waals surface area (Å²) >= 11 is 4.77. The number of aryl methyl sites for hydroxylation is 2. The van der Waals surface area contributed by atoms with E-state index in [1.807, 2.05) is 0 Å². The van der Waals surface area contributed by atoms with Gasteiger partial charge in [-0.15, -0.1) is 0 Å². The summed E-state index contributed by atoms with van der Waals surface area (Å²) in [4.78, 5) is 2.00. The zero-order chi connectivity index (χ0) is 14.0. The smallest absolute Gasteiger partial charge is 0.0824 e. The van der Waals surface area contributed by atoms with Crippen LogP contribution in [0.5, 0.6) is 0 Å². The summed E-state index contributed by atoms with van der Waals surface area (Å²) in [6, 6.07) is 17.1. The summed E-state index contributed by atoms with van der Waals surface area (Å²) in [6.07, 6.45) is 0. The quantitative estimate of drug-likeness (QED) is 0.600. The van der Waals surface area contributed by atoms with E-state index in [1.165, 1.54) is 22.5 Å². The van der Waals surface area contributed by atoms with Gasteiger partial charge < -0.3 is 4.90 Å². The van der Waals surface area contributed by atoms with Gasteiger partial charge in [-0.05, 0) is 63.1 Å². The maximum Gasteiger partial charge on any atom is 0.0824 e. The summed E-state index contributed by atoms with van der Waals surface area (Å²) in [5.74, 6) is 0. The van der Waals surface area contributed by atoms with Gasteiger partial charge in [0.25, 0.3) is 0 Å². The molecule has 0 aliphatic carbocycles. The fourth-order valence-corrected chi connectivity index (χ4v) is 2.55. The highest BCUT2D eigenvalue weighted by Crippen LogP contribution is 2.35. The maximum absolute atomic E-state index is 4.77. The third kappa shape index (κ3) is 3.32. The zero-order valence-corrected chi connectivity index (χ0v) is 12.9. The van der Waals surface area contributed by atoms with Crippen LogP contribution in [0.25, 0.3) is 0 Å². The topological polar surface area (TPSA) is 3.24 Å².